The standard InChI is InChI=1S/C10H12Cl2O2/c1-13-10(7-11,14-2)8-3-5-9(12)6-4-8/h3-6H,7H2,1-2H3. The van der Waals surface area contributed by atoms with Crippen molar-refractivity contribution in [2.24, 2.45) is 0 Å². The van der Waals surface area contributed by atoms with Gasteiger partial charge in [-0.3, -0.25) is 0 Å². The molecule has 0 aliphatic carbocycles. The van der Waals surface area contributed by atoms with E-state index in [1.54, 1.807) is 26.4 Å². The van der Waals surface area contributed by atoms with Gasteiger partial charge in [0.2, 0.25) is 5.79 Å². The third kappa shape index (κ3) is 2.20. The second-order valence-electron chi connectivity index (χ2n) is 2.80. The number of alkyl halides is 1. The van der Waals surface area contributed by atoms with Crippen LogP contribution in [-0.4, -0.2) is 20.1 Å². The summed E-state index contributed by atoms with van der Waals surface area (Å²) >= 11 is 11.6. The largest absolute Gasteiger partial charge is 0.348 e. The maximum absolute atomic E-state index is 5.82. The van der Waals surface area contributed by atoms with Crippen LogP contribution in [0.2, 0.25) is 5.02 Å². The van der Waals surface area contributed by atoms with Crippen LogP contribution >= 0.6 is 23.2 Å². The van der Waals surface area contributed by atoms with Crippen molar-refractivity contribution < 1.29 is 9.47 Å². The lowest BCUT2D eigenvalue weighted by molar-refractivity contribution is -0.198. The number of methoxy groups -OCH3 is 2. The van der Waals surface area contributed by atoms with Crippen LogP contribution < -0.4 is 0 Å². The highest BCUT2D eigenvalue weighted by Gasteiger charge is 2.30. The Morgan fingerprint density at radius 3 is 2.00 bits per heavy atom. The minimum Gasteiger partial charge on any atom is -0.348 e. The van der Waals surface area contributed by atoms with Crippen molar-refractivity contribution in [2.45, 2.75) is 5.79 Å². The number of benzene rings is 1. The Morgan fingerprint density at radius 2 is 1.64 bits per heavy atom. The van der Waals surface area contributed by atoms with E-state index in [9.17, 15) is 0 Å². The Morgan fingerprint density at radius 1 is 1.14 bits per heavy atom. The van der Waals surface area contributed by atoms with Gasteiger partial charge in [0.05, 0.1) is 5.88 Å². The number of hydrogen-bond acceptors (Lipinski definition) is 2. The van der Waals surface area contributed by atoms with Crippen molar-refractivity contribution >= 4 is 23.2 Å². The van der Waals surface area contributed by atoms with Crippen molar-refractivity contribution in [2.75, 3.05) is 20.1 Å². The molecule has 2 nitrogen and oxygen atoms in total. The first kappa shape index (κ1) is 11.8. The molecular weight excluding hydrogens is 223 g/mol. The number of halogens is 2. The third-order valence-electron chi connectivity index (χ3n) is 2.12. The van der Waals surface area contributed by atoms with E-state index >= 15 is 0 Å². The molecule has 1 aromatic rings. The zero-order valence-corrected chi connectivity index (χ0v) is 9.60. The van der Waals surface area contributed by atoms with Crippen molar-refractivity contribution in [1.82, 2.24) is 0 Å². The molecule has 0 fully saturated rings. The maximum Gasteiger partial charge on any atom is 0.208 e. The fourth-order valence-corrected chi connectivity index (χ4v) is 1.71. The predicted molar refractivity (Wildman–Crippen MR) is 57.9 cm³/mol. The average Bonchev–Trinajstić information content (AvgIpc) is 2.24. The van der Waals surface area contributed by atoms with E-state index in [4.69, 9.17) is 32.7 Å². The predicted octanol–water partition coefficient (Wildman–Crippen LogP) is 3.02. The first-order valence-electron chi connectivity index (χ1n) is 4.11. The molecule has 0 atom stereocenters. The van der Waals surface area contributed by atoms with Gasteiger partial charge in [-0.25, -0.2) is 0 Å². The molecule has 0 aromatic heterocycles. The van der Waals surface area contributed by atoms with E-state index < -0.39 is 5.79 Å². The number of rotatable bonds is 4. The van der Waals surface area contributed by atoms with Gasteiger partial charge in [-0.1, -0.05) is 23.7 Å². The van der Waals surface area contributed by atoms with E-state index in [1.165, 1.54) is 0 Å². The van der Waals surface area contributed by atoms with Gasteiger partial charge in [0.25, 0.3) is 0 Å². The summed E-state index contributed by atoms with van der Waals surface area (Å²) < 4.78 is 10.5. The first-order valence-corrected chi connectivity index (χ1v) is 5.02. The molecule has 0 bridgehead atoms. The molecule has 4 heteroatoms. The van der Waals surface area contributed by atoms with E-state index in [0.717, 1.165) is 5.56 Å². The molecule has 0 N–H and O–H groups in total. The molecule has 0 saturated heterocycles. The van der Waals surface area contributed by atoms with E-state index in [1.807, 2.05) is 12.1 Å². The molecule has 0 radical (unpaired) electrons. The van der Waals surface area contributed by atoms with E-state index in [-0.39, 0.29) is 5.88 Å². The van der Waals surface area contributed by atoms with Crippen LogP contribution in [0.25, 0.3) is 0 Å². The van der Waals surface area contributed by atoms with Crippen LogP contribution in [0.5, 0.6) is 0 Å². The fourth-order valence-electron chi connectivity index (χ4n) is 1.21. The number of ether oxygens (including phenoxy) is 2. The van der Waals surface area contributed by atoms with Crippen molar-refractivity contribution in [3.05, 3.63) is 34.9 Å². The van der Waals surface area contributed by atoms with Crippen molar-refractivity contribution in [1.29, 1.82) is 0 Å². The lowest BCUT2D eigenvalue weighted by atomic mass is 10.1. The second-order valence-corrected chi connectivity index (χ2v) is 3.51. The molecule has 14 heavy (non-hydrogen) atoms. The Hall–Kier alpha value is -0.280. The monoisotopic (exact) mass is 234 g/mol. The van der Waals surface area contributed by atoms with Gasteiger partial charge in [-0.15, -0.1) is 11.6 Å². The lowest BCUT2D eigenvalue weighted by Crippen LogP contribution is -2.32. The molecular formula is C10H12Cl2O2. The van der Waals surface area contributed by atoms with Gasteiger partial charge in [0.1, 0.15) is 0 Å². The molecule has 0 unspecified atom stereocenters. The smallest absolute Gasteiger partial charge is 0.208 e. The molecule has 0 spiro atoms. The summed E-state index contributed by atoms with van der Waals surface area (Å²) in [4.78, 5) is 0. The third-order valence-corrected chi connectivity index (χ3v) is 2.72. The maximum atomic E-state index is 5.82. The highest BCUT2D eigenvalue weighted by Crippen LogP contribution is 2.28. The summed E-state index contributed by atoms with van der Waals surface area (Å²) in [5, 5.41) is 0.671. The molecule has 78 valence electrons. The Balaban J connectivity index is 3.05. The van der Waals surface area contributed by atoms with Gasteiger partial charge < -0.3 is 9.47 Å². The molecule has 0 aliphatic heterocycles. The van der Waals surface area contributed by atoms with Gasteiger partial charge in [-0.2, -0.15) is 0 Å². The van der Waals surface area contributed by atoms with E-state index in [0.29, 0.717) is 5.02 Å². The summed E-state index contributed by atoms with van der Waals surface area (Å²) in [7, 11) is 3.11. The Kier molecular flexibility index (Phi) is 4.20. The molecule has 0 saturated carbocycles. The SMILES string of the molecule is COC(CCl)(OC)c1ccc(Cl)cc1. The van der Waals surface area contributed by atoms with Crippen molar-refractivity contribution in [3.8, 4) is 0 Å². The molecule has 1 rings (SSSR count). The summed E-state index contributed by atoms with van der Waals surface area (Å²) in [6.07, 6.45) is 0. The van der Waals surface area contributed by atoms with Crippen LogP contribution in [0, 0.1) is 0 Å². The minimum absolute atomic E-state index is 0.224. The van der Waals surface area contributed by atoms with E-state index in [2.05, 4.69) is 0 Å². The Labute approximate surface area is 93.7 Å². The van der Waals surface area contributed by atoms with Crippen LogP contribution in [0.4, 0.5) is 0 Å². The summed E-state index contributed by atoms with van der Waals surface area (Å²) in [5.74, 6) is -0.659. The lowest BCUT2D eigenvalue weighted by Gasteiger charge is -2.28. The van der Waals surface area contributed by atoms with Gasteiger partial charge in [0, 0.05) is 24.8 Å². The van der Waals surface area contributed by atoms with Gasteiger partial charge in [-0.05, 0) is 12.1 Å². The minimum atomic E-state index is -0.883. The van der Waals surface area contributed by atoms with Crippen LogP contribution in [0.1, 0.15) is 5.56 Å². The van der Waals surface area contributed by atoms with Crippen LogP contribution in [-0.2, 0) is 15.3 Å². The second kappa shape index (κ2) is 4.99. The molecule has 0 aliphatic rings. The van der Waals surface area contributed by atoms with Gasteiger partial charge >= 0.3 is 0 Å². The normalized spacial score (nSPS) is 11.7. The van der Waals surface area contributed by atoms with Gasteiger partial charge in [0.15, 0.2) is 0 Å². The molecule has 1 aromatic carbocycles. The average molecular weight is 235 g/mol. The summed E-state index contributed by atoms with van der Waals surface area (Å²) in [5.41, 5.74) is 0.849. The zero-order valence-electron chi connectivity index (χ0n) is 8.09. The highest BCUT2D eigenvalue weighted by molar-refractivity contribution is 6.30. The number of hydrogen-bond donors (Lipinski definition) is 0. The molecule has 0 heterocycles. The first-order chi connectivity index (χ1) is 6.68. The highest BCUT2D eigenvalue weighted by atomic mass is 35.5. The molecule has 0 amide bonds. The quantitative estimate of drug-likeness (QED) is 0.589. The summed E-state index contributed by atoms with van der Waals surface area (Å²) in [6.45, 7) is 0. The van der Waals surface area contributed by atoms with Crippen molar-refractivity contribution in [3.63, 3.8) is 0 Å². The zero-order chi connectivity index (χ0) is 10.6. The fraction of sp³-hybridized carbons (Fsp3) is 0.400. The van der Waals surface area contributed by atoms with Crippen LogP contribution in [0.15, 0.2) is 24.3 Å². The van der Waals surface area contributed by atoms with Crippen LogP contribution in [0.3, 0.4) is 0 Å². The topological polar surface area (TPSA) is 18.5 Å². The summed E-state index contributed by atoms with van der Waals surface area (Å²) in [6, 6.07) is 7.21. The Bertz CT molecular complexity index is 272.